The minimum atomic E-state index is -0.370. The number of ether oxygens (including phenoxy) is 3. The van der Waals surface area contributed by atoms with Crippen molar-refractivity contribution < 1.29 is 23.8 Å². The number of hydrogen-bond donors (Lipinski definition) is 1. The molecule has 0 aliphatic carbocycles. The first-order valence-electron chi connectivity index (χ1n) is 13.2. The van der Waals surface area contributed by atoms with Gasteiger partial charge in [0, 0.05) is 30.2 Å². The Bertz CT molecular complexity index is 1360. The molecule has 2 amide bonds. The van der Waals surface area contributed by atoms with Crippen LogP contribution in [-0.4, -0.2) is 68.4 Å². The Morgan fingerprint density at radius 1 is 1.10 bits per heavy atom. The van der Waals surface area contributed by atoms with Gasteiger partial charge in [-0.3, -0.25) is 14.5 Å². The van der Waals surface area contributed by atoms with Crippen molar-refractivity contribution in [1.82, 2.24) is 15.1 Å². The standard InChI is InChI=1S/C30H38N4O5S/c1-19-8-10-20(11-9-19)34-29-26(28(32-34)30(2,3)4)27(22-16-21(38-6)12-13-23(22)39-7)40-18-25(36)33(29)17-24(35)31-14-15-37-5/h8-13,16,27H,14-15,17-18H2,1-7H3,(H,31,35)/t27-/m1/s1. The summed E-state index contributed by atoms with van der Waals surface area (Å²) in [5.74, 6) is 1.68. The zero-order valence-electron chi connectivity index (χ0n) is 24.2. The molecule has 0 fully saturated rings. The second-order valence-electron chi connectivity index (χ2n) is 10.7. The number of amides is 2. The van der Waals surface area contributed by atoms with Crippen LogP contribution >= 0.6 is 11.8 Å². The minimum Gasteiger partial charge on any atom is -0.497 e. The third kappa shape index (κ3) is 6.13. The van der Waals surface area contributed by atoms with Gasteiger partial charge in [0.25, 0.3) is 0 Å². The van der Waals surface area contributed by atoms with Gasteiger partial charge in [-0.05, 0) is 37.3 Å². The van der Waals surface area contributed by atoms with Crippen LogP contribution < -0.4 is 19.7 Å². The average molecular weight is 567 g/mol. The lowest BCUT2D eigenvalue weighted by Gasteiger charge is -2.25. The van der Waals surface area contributed by atoms with Gasteiger partial charge < -0.3 is 19.5 Å². The number of nitrogens with zero attached hydrogens (tertiary/aromatic N) is 3. The van der Waals surface area contributed by atoms with Gasteiger partial charge in [0.15, 0.2) is 0 Å². The lowest BCUT2D eigenvalue weighted by atomic mass is 9.87. The van der Waals surface area contributed by atoms with E-state index in [9.17, 15) is 9.59 Å². The van der Waals surface area contributed by atoms with E-state index in [1.54, 1.807) is 30.9 Å². The predicted molar refractivity (Wildman–Crippen MR) is 158 cm³/mol. The van der Waals surface area contributed by atoms with Crippen molar-refractivity contribution in [2.75, 3.05) is 51.7 Å². The smallest absolute Gasteiger partial charge is 0.240 e. The number of carbonyl (C=O) groups excluding carboxylic acids is 2. The number of thioether (sulfide) groups is 1. The van der Waals surface area contributed by atoms with Gasteiger partial charge in [0.05, 0.1) is 43.2 Å². The van der Waals surface area contributed by atoms with Crippen molar-refractivity contribution in [3.05, 3.63) is 64.8 Å². The quantitative estimate of drug-likeness (QED) is 0.383. The van der Waals surface area contributed by atoms with Gasteiger partial charge in [-0.15, -0.1) is 11.8 Å². The van der Waals surface area contributed by atoms with E-state index in [4.69, 9.17) is 19.3 Å². The van der Waals surface area contributed by atoms with E-state index in [2.05, 4.69) is 26.1 Å². The summed E-state index contributed by atoms with van der Waals surface area (Å²) in [6.45, 7) is 8.94. The molecule has 9 nitrogen and oxygen atoms in total. The van der Waals surface area contributed by atoms with Crippen LogP contribution in [0.3, 0.4) is 0 Å². The van der Waals surface area contributed by atoms with Crippen LogP contribution in [0.25, 0.3) is 5.69 Å². The zero-order chi connectivity index (χ0) is 29.0. The molecule has 3 aromatic rings. The summed E-state index contributed by atoms with van der Waals surface area (Å²) in [6.07, 6.45) is 0. The Morgan fingerprint density at radius 3 is 2.45 bits per heavy atom. The molecule has 1 N–H and O–H groups in total. The van der Waals surface area contributed by atoms with E-state index in [1.165, 1.54) is 11.8 Å². The Kier molecular flexibility index (Phi) is 9.10. The fourth-order valence-electron chi connectivity index (χ4n) is 4.72. The molecule has 0 saturated carbocycles. The number of benzene rings is 2. The van der Waals surface area contributed by atoms with Crippen LogP contribution in [0.15, 0.2) is 42.5 Å². The molecule has 1 aliphatic rings. The molecule has 0 spiro atoms. The summed E-state index contributed by atoms with van der Waals surface area (Å²) < 4.78 is 18.2. The second-order valence-corrected chi connectivity index (χ2v) is 11.8. The van der Waals surface area contributed by atoms with E-state index < -0.39 is 0 Å². The molecule has 1 atom stereocenters. The van der Waals surface area contributed by atoms with Gasteiger partial charge in [0.1, 0.15) is 23.9 Å². The predicted octanol–water partition coefficient (Wildman–Crippen LogP) is 4.43. The molecule has 0 bridgehead atoms. The maximum absolute atomic E-state index is 13.8. The summed E-state index contributed by atoms with van der Waals surface area (Å²) in [6, 6.07) is 13.7. The average Bonchev–Trinajstić information content (AvgIpc) is 3.27. The number of hydrogen-bond acceptors (Lipinski definition) is 7. The first kappa shape index (κ1) is 29.5. The van der Waals surface area contributed by atoms with E-state index in [0.29, 0.717) is 30.5 Å². The number of aryl methyl sites for hydroxylation is 1. The van der Waals surface area contributed by atoms with Crippen molar-refractivity contribution in [1.29, 1.82) is 0 Å². The highest BCUT2D eigenvalue weighted by Gasteiger charge is 2.40. The highest BCUT2D eigenvalue weighted by Crippen LogP contribution is 2.50. The second kappa shape index (κ2) is 12.3. The molecule has 0 radical (unpaired) electrons. The molecular weight excluding hydrogens is 528 g/mol. The van der Waals surface area contributed by atoms with Gasteiger partial charge in [-0.25, -0.2) is 4.68 Å². The van der Waals surface area contributed by atoms with Crippen LogP contribution in [0.1, 0.15) is 48.4 Å². The molecule has 0 unspecified atom stereocenters. The molecule has 1 aromatic heterocycles. The van der Waals surface area contributed by atoms with Crippen molar-refractivity contribution in [3.63, 3.8) is 0 Å². The highest BCUT2D eigenvalue weighted by atomic mass is 32.2. The summed E-state index contributed by atoms with van der Waals surface area (Å²) in [5, 5.41) is 7.68. The van der Waals surface area contributed by atoms with Gasteiger partial charge in [-0.2, -0.15) is 5.10 Å². The van der Waals surface area contributed by atoms with Crippen LogP contribution in [-0.2, 0) is 19.7 Å². The highest BCUT2D eigenvalue weighted by molar-refractivity contribution is 8.00. The molecule has 1 aliphatic heterocycles. The van der Waals surface area contributed by atoms with E-state index >= 15 is 0 Å². The minimum absolute atomic E-state index is 0.140. The third-order valence-corrected chi connectivity index (χ3v) is 7.96. The first-order chi connectivity index (χ1) is 19.1. The van der Waals surface area contributed by atoms with Crippen LogP contribution in [0, 0.1) is 6.92 Å². The van der Waals surface area contributed by atoms with Crippen LogP contribution in [0.4, 0.5) is 5.82 Å². The number of fused-ring (bicyclic) bond motifs is 1. The van der Waals surface area contributed by atoms with Crippen molar-refractivity contribution in [2.45, 2.75) is 38.4 Å². The zero-order valence-corrected chi connectivity index (χ0v) is 25.1. The molecule has 0 saturated heterocycles. The molecule has 2 aromatic carbocycles. The Labute approximate surface area is 240 Å². The van der Waals surface area contributed by atoms with E-state index in [-0.39, 0.29) is 34.8 Å². The number of aromatic nitrogens is 2. The molecule has 214 valence electrons. The number of nitrogens with one attached hydrogen (secondary N) is 1. The molecule has 10 heteroatoms. The molecule has 4 rings (SSSR count). The summed E-state index contributed by atoms with van der Waals surface area (Å²) in [4.78, 5) is 28.4. The number of carbonyl (C=O) groups is 2. The van der Waals surface area contributed by atoms with Crippen molar-refractivity contribution in [2.24, 2.45) is 0 Å². The summed E-state index contributed by atoms with van der Waals surface area (Å²) in [7, 11) is 4.84. The number of methoxy groups -OCH3 is 3. The Balaban J connectivity index is 2.00. The van der Waals surface area contributed by atoms with Gasteiger partial charge in [-0.1, -0.05) is 38.5 Å². The monoisotopic (exact) mass is 566 g/mol. The lowest BCUT2D eigenvalue weighted by molar-refractivity contribution is -0.123. The number of rotatable bonds is 9. The SMILES string of the molecule is COCCNC(=O)CN1C(=O)CS[C@H](c2cc(OC)ccc2OC)c2c(C(C)(C)C)nn(-c3ccc(C)cc3)c21. The van der Waals surface area contributed by atoms with E-state index in [0.717, 1.165) is 28.1 Å². The van der Waals surface area contributed by atoms with Gasteiger partial charge in [0.2, 0.25) is 11.8 Å². The lowest BCUT2D eigenvalue weighted by Crippen LogP contribution is -2.43. The largest absolute Gasteiger partial charge is 0.497 e. The number of anilines is 1. The molecule has 2 heterocycles. The Hall–Kier alpha value is -3.50. The normalized spacial score (nSPS) is 15.4. The van der Waals surface area contributed by atoms with Crippen molar-refractivity contribution in [3.8, 4) is 17.2 Å². The van der Waals surface area contributed by atoms with Crippen LogP contribution in [0.5, 0.6) is 11.5 Å². The molecule has 40 heavy (non-hydrogen) atoms. The first-order valence-corrected chi connectivity index (χ1v) is 14.2. The van der Waals surface area contributed by atoms with Crippen LogP contribution in [0.2, 0.25) is 0 Å². The van der Waals surface area contributed by atoms with E-state index in [1.807, 2.05) is 49.4 Å². The van der Waals surface area contributed by atoms with Crippen molar-refractivity contribution >= 4 is 29.4 Å². The third-order valence-electron chi connectivity index (χ3n) is 6.73. The summed E-state index contributed by atoms with van der Waals surface area (Å²) >= 11 is 1.50. The van der Waals surface area contributed by atoms with Gasteiger partial charge >= 0.3 is 0 Å². The topological polar surface area (TPSA) is 94.9 Å². The fraction of sp³-hybridized carbons (Fsp3) is 0.433. The summed E-state index contributed by atoms with van der Waals surface area (Å²) in [5.41, 5.74) is 4.13. The molecular formula is C30H38N4O5S. The fourth-order valence-corrected chi connectivity index (χ4v) is 5.93. The maximum Gasteiger partial charge on any atom is 0.240 e. The maximum atomic E-state index is 13.8. The Morgan fingerprint density at radius 2 is 1.82 bits per heavy atom.